The van der Waals surface area contributed by atoms with Crippen molar-refractivity contribution in [1.29, 1.82) is 0 Å². The van der Waals surface area contributed by atoms with E-state index in [0.717, 1.165) is 19.3 Å². The van der Waals surface area contributed by atoms with Gasteiger partial charge < -0.3 is 5.11 Å². The zero-order valence-corrected chi connectivity index (χ0v) is 12.1. The third kappa shape index (κ3) is 3.58. The molecule has 1 N–H and O–H groups in total. The molecule has 1 nitrogen and oxygen atoms in total. The van der Waals surface area contributed by atoms with E-state index in [1.165, 1.54) is 12.8 Å². The van der Waals surface area contributed by atoms with E-state index in [0.29, 0.717) is 23.7 Å². The summed E-state index contributed by atoms with van der Waals surface area (Å²) < 4.78 is 0. The number of aliphatic hydroxyl groups is 1. The molecule has 0 aromatic carbocycles. The molecule has 0 aromatic heterocycles. The van der Waals surface area contributed by atoms with E-state index in [1.54, 1.807) is 0 Å². The van der Waals surface area contributed by atoms with Crippen LogP contribution in [-0.2, 0) is 0 Å². The second kappa shape index (κ2) is 6.04. The summed E-state index contributed by atoms with van der Waals surface area (Å²) in [4.78, 5) is 0. The van der Waals surface area contributed by atoms with Crippen molar-refractivity contribution in [3.63, 3.8) is 0 Å². The van der Waals surface area contributed by atoms with Gasteiger partial charge in [-0.15, -0.1) is 6.58 Å². The van der Waals surface area contributed by atoms with Crippen LogP contribution in [0.2, 0.25) is 0 Å². The summed E-state index contributed by atoms with van der Waals surface area (Å²) in [5, 5.41) is 10.8. The predicted molar refractivity (Wildman–Crippen MR) is 74.9 cm³/mol. The van der Waals surface area contributed by atoms with Gasteiger partial charge in [-0.3, -0.25) is 0 Å². The SMILES string of the molecule is C=C[C@H](CC[C@@]1(O)CCC[C@@H](C)[C@@H]1C)C(C)C. The highest BCUT2D eigenvalue weighted by atomic mass is 16.3. The molecular formula is C16H30O. The molecule has 1 aliphatic rings. The Bertz CT molecular complexity index is 246. The van der Waals surface area contributed by atoms with Gasteiger partial charge in [0.2, 0.25) is 0 Å². The summed E-state index contributed by atoms with van der Waals surface area (Å²) >= 11 is 0. The first kappa shape index (κ1) is 14.8. The van der Waals surface area contributed by atoms with Crippen LogP contribution in [0.5, 0.6) is 0 Å². The Hall–Kier alpha value is -0.300. The Labute approximate surface area is 107 Å². The summed E-state index contributed by atoms with van der Waals surface area (Å²) in [7, 11) is 0. The summed E-state index contributed by atoms with van der Waals surface area (Å²) in [5.74, 6) is 2.28. The third-order valence-corrected chi connectivity index (χ3v) is 5.04. The molecule has 1 aliphatic carbocycles. The summed E-state index contributed by atoms with van der Waals surface area (Å²) in [6.45, 7) is 12.9. The van der Waals surface area contributed by atoms with E-state index in [4.69, 9.17) is 0 Å². The zero-order chi connectivity index (χ0) is 13.1. The number of allylic oxidation sites excluding steroid dienone is 1. The Balaban J connectivity index is 2.56. The molecule has 100 valence electrons. The quantitative estimate of drug-likeness (QED) is 0.703. The second-order valence-corrected chi connectivity index (χ2v) is 6.44. The molecular weight excluding hydrogens is 208 g/mol. The van der Waals surface area contributed by atoms with Crippen LogP contribution in [0.1, 0.15) is 59.8 Å². The predicted octanol–water partition coefficient (Wildman–Crippen LogP) is 4.41. The van der Waals surface area contributed by atoms with E-state index in [1.807, 2.05) is 0 Å². The maximum absolute atomic E-state index is 10.8. The first-order chi connectivity index (χ1) is 7.90. The van der Waals surface area contributed by atoms with E-state index in [9.17, 15) is 5.11 Å². The van der Waals surface area contributed by atoms with Crippen LogP contribution in [0.25, 0.3) is 0 Å². The van der Waals surface area contributed by atoms with E-state index >= 15 is 0 Å². The molecule has 0 spiro atoms. The molecule has 0 aromatic rings. The van der Waals surface area contributed by atoms with E-state index in [2.05, 4.69) is 40.3 Å². The van der Waals surface area contributed by atoms with Crippen molar-refractivity contribution in [3.05, 3.63) is 12.7 Å². The summed E-state index contributed by atoms with van der Waals surface area (Å²) in [6, 6.07) is 0. The lowest BCUT2D eigenvalue weighted by atomic mass is 9.68. The van der Waals surface area contributed by atoms with Crippen LogP contribution in [0, 0.1) is 23.7 Å². The third-order valence-electron chi connectivity index (χ3n) is 5.04. The maximum atomic E-state index is 10.8. The Morgan fingerprint density at radius 3 is 2.59 bits per heavy atom. The Morgan fingerprint density at radius 1 is 1.41 bits per heavy atom. The highest BCUT2D eigenvalue weighted by Gasteiger charge is 2.39. The Kier molecular flexibility index (Phi) is 5.24. The number of hydrogen-bond donors (Lipinski definition) is 1. The van der Waals surface area contributed by atoms with Gasteiger partial charge in [-0.2, -0.15) is 0 Å². The summed E-state index contributed by atoms with van der Waals surface area (Å²) in [5.41, 5.74) is -0.423. The fraction of sp³-hybridized carbons (Fsp3) is 0.875. The van der Waals surface area contributed by atoms with Crippen LogP contribution in [0.15, 0.2) is 12.7 Å². The minimum atomic E-state index is -0.423. The van der Waals surface area contributed by atoms with Crippen LogP contribution in [-0.4, -0.2) is 10.7 Å². The van der Waals surface area contributed by atoms with Gasteiger partial charge in [0, 0.05) is 0 Å². The van der Waals surface area contributed by atoms with E-state index < -0.39 is 5.60 Å². The largest absolute Gasteiger partial charge is 0.390 e. The minimum Gasteiger partial charge on any atom is -0.390 e. The van der Waals surface area contributed by atoms with E-state index in [-0.39, 0.29) is 0 Å². The Morgan fingerprint density at radius 2 is 2.06 bits per heavy atom. The molecule has 0 aliphatic heterocycles. The van der Waals surface area contributed by atoms with Crippen LogP contribution >= 0.6 is 0 Å². The average molecular weight is 238 g/mol. The maximum Gasteiger partial charge on any atom is 0.0676 e. The smallest absolute Gasteiger partial charge is 0.0676 e. The van der Waals surface area contributed by atoms with Crippen LogP contribution in [0.3, 0.4) is 0 Å². The second-order valence-electron chi connectivity index (χ2n) is 6.44. The summed E-state index contributed by atoms with van der Waals surface area (Å²) in [6.07, 6.45) is 7.52. The van der Waals surface area contributed by atoms with Crippen molar-refractivity contribution in [2.45, 2.75) is 65.4 Å². The van der Waals surface area contributed by atoms with Gasteiger partial charge in [0.1, 0.15) is 0 Å². The van der Waals surface area contributed by atoms with Gasteiger partial charge >= 0.3 is 0 Å². The van der Waals surface area contributed by atoms with Crippen LogP contribution < -0.4 is 0 Å². The topological polar surface area (TPSA) is 20.2 Å². The van der Waals surface area contributed by atoms with Crippen molar-refractivity contribution >= 4 is 0 Å². The zero-order valence-electron chi connectivity index (χ0n) is 12.1. The van der Waals surface area contributed by atoms with Gasteiger partial charge in [0.25, 0.3) is 0 Å². The fourth-order valence-electron chi connectivity index (χ4n) is 3.23. The lowest BCUT2D eigenvalue weighted by Gasteiger charge is -2.42. The molecule has 1 rings (SSSR count). The van der Waals surface area contributed by atoms with Gasteiger partial charge in [-0.1, -0.05) is 46.6 Å². The number of hydrogen-bond acceptors (Lipinski definition) is 1. The molecule has 17 heavy (non-hydrogen) atoms. The van der Waals surface area contributed by atoms with Crippen molar-refractivity contribution in [2.75, 3.05) is 0 Å². The van der Waals surface area contributed by atoms with Gasteiger partial charge in [-0.25, -0.2) is 0 Å². The number of rotatable bonds is 5. The molecule has 0 radical (unpaired) electrons. The van der Waals surface area contributed by atoms with Crippen molar-refractivity contribution in [3.8, 4) is 0 Å². The molecule has 0 unspecified atom stereocenters. The van der Waals surface area contributed by atoms with Gasteiger partial charge in [0.15, 0.2) is 0 Å². The lowest BCUT2D eigenvalue weighted by Crippen LogP contribution is -2.43. The molecule has 0 bridgehead atoms. The van der Waals surface area contributed by atoms with Crippen molar-refractivity contribution < 1.29 is 5.11 Å². The fourth-order valence-corrected chi connectivity index (χ4v) is 3.23. The highest BCUT2D eigenvalue weighted by molar-refractivity contribution is 4.93. The van der Waals surface area contributed by atoms with Crippen molar-refractivity contribution in [2.24, 2.45) is 23.7 Å². The molecule has 0 heterocycles. The highest BCUT2D eigenvalue weighted by Crippen LogP contribution is 2.41. The molecule has 4 atom stereocenters. The lowest BCUT2D eigenvalue weighted by molar-refractivity contribution is -0.0722. The monoisotopic (exact) mass is 238 g/mol. The molecule has 1 heteroatoms. The van der Waals surface area contributed by atoms with Gasteiger partial charge in [0.05, 0.1) is 5.60 Å². The minimum absolute atomic E-state index is 0.423. The average Bonchev–Trinajstić information content (AvgIpc) is 2.26. The van der Waals surface area contributed by atoms with Gasteiger partial charge in [-0.05, 0) is 42.9 Å². The normalized spacial score (nSPS) is 35.9. The van der Waals surface area contributed by atoms with Crippen molar-refractivity contribution in [1.82, 2.24) is 0 Å². The molecule has 1 fully saturated rings. The molecule has 0 saturated heterocycles. The first-order valence-corrected chi connectivity index (χ1v) is 7.25. The standard InChI is InChI=1S/C16H30O/c1-6-15(12(2)3)9-11-16(17)10-7-8-13(4)14(16)5/h6,12-15,17H,1,7-11H2,2-5H3/t13-,14+,15-,16+/m1/s1. The molecule has 0 amide bonds. The van der Waals surface area contributed by atoms with Crippen LogP contribution in [0.4, 0.5) is 0 Å². The molecule has 1 saturated carbocycles. The first-order valence-electron chi connectivity index (χ1n) is 7.25.